The topological polar surface area (TPSA) is 58.1 Å². The molecule has 2 aromatic carbocycles. The summed E-state index contributed by atoms with van der Waals surface area (Å²) in [5.74, 6) is 0.790. The number of nitrogens with zero attached hydrogens (tertiary/aromatic N) is 3. The molecule has 0 saturated carbocycles. The number of hydrogen-bond donors (Lipinski definition) is 1. The number of benzene rings is 2. The zero-order valence-corrected chi connectivity index (χ0v) is 16.3. The summed E-state index contributed by atoms with van der Waals surface area (Å²) in [6, 6.07) is 17.5. The molecule has 4 rings (SSSR count). The van der Waals surface area contributed by atoms with E-state index in [9.17, 15) is 4.79 Å². The zero-order chi connectivity index (χ0) is 19.5. The fourth-order valence-electron chi connectivity index (χ4n) is 3.66. The second-order valence-electron chi connectivity index (χ2n) is 7.38. The van der Waals surface area contributed by atoms with Gasteiger partial charge in [-0.05, 0) is 74.2 Å². The van der Waals surface area contributed by atoms with Crippen LogP contribution in [0.25, 0.3) is 11.3 Å². The predicted molar refractivity (Wildman–Crippen MR) is 113 cm³/mol. The highest BCUT2D eigenvalue weighted by molar-refractivity contribution is 6.05. The second-order valence-corrected chi connectivity index (χ2v) is 7.38. The van der Waals surface area contributed by atoms with Gasteiger partial charge in [0.05, 0.1) is 5.69 Å². The molecule has 142 valence electrons. The maximum Gasteiger partial charge on any atom is 0.255 e. The molecule has 28 heavy (non-hydrogen) atoms. The van der Waals surface area contributed by atoms with Crippen LogP contribution in [0.2, 0.25) is 0 Å². The molecule has 3 aromatic rings. The highest BCUT2D eigenvalue weighted by Crippen LogP contribution is 2.22. The van der Waals surface area contributed by atoms with E-state index in [-0.39, 0.29) is 5.91 Å². The number of carbonyl (C=O) groups is 1. The molecule has 0 radical (unpaired) electrons. The number of aryl methyl sites for hydroxylation is 2. The maximum atomic E-state index is 12.7. The third-order valence-electron chi connectivity index (χ3n) is 4.98. The van der Waals surface area contributed by atoms with Crippen LogP contribution in [0.5, 0.6) is 0 Å². The molecule has 5 heteroatoms. The number of nitrogens with one attached hydrogen (secondary N) is 1. The lowest BCUT2D eigenvalue weighted by Gasteiger charge is -2.15. The Labute approximate surface area is 165 Å². The normalized spacial score (nSPS) is 13.6. The minimum Gasteiger partial charge on any atom is -0.355 e. The van der Waals surface area contributed by atoms with Crippen molar-refractivity contribution >= 4 is 17.4 Å². The first-order valence-corrected chi connectivity index (χ1v) is 9.67. The molecule has 0 bridgehead atoms. The van der Waals surface area contributed by atoms with Crippen LogP contribution < -0.4 is 10.2 Å². The summed E-state index contributed by atoms with van der Waals surface area (Å²) in [6.07, 6.45) is 2.42. The largest absolute Gasteiger partial charge is 0.355 e. The number of rotatable bonds is 4. The highest BCUT2D eigenvalue weighted by Gasteiger charge is 2.14. The molecule has 1 aliphatic heterocycles. The molecular weight excluding hydrogens is 348 g/mol. The van der Waals surface area contributed by atoms with E-state index in [4.69, 9.17) is 0 Å². The first kappa shape index (κ1) is 18.2. The molecular formula is C23H24N4O. The van der Waals surface area contributed by atoms with Gasteiger partial charge in [-0.25, -0.2) is 0 Å². The standard InChI is InChI=1S/C23H24N4O/c1-16-12-17(2)14-20(13-16)24-23(28)19-7-5-6-18(15-19)21-8-9-22(26-25-21)27-10-3-4-11-27/h5-9,12-15H,3-4,10-11H2,1-2H3,(H,24,28). The third-order valence-corrected chi connectivity index (χ3v) is 4.98. The fraction of sp³-hybridized carbons (Fsp3) is 0.261. The summed E-state index contributed by atoms with van der Waals surface area (Å²) in [6.45, 7) is 6.13. The molecule has 1 aromatic heterocycles. The zero-order valence-electron chi connectivity index (χ0n) is 16.3. The van der Waals surface area contributed by atoms with Crippen LogP contribution in [-0.2, 0) is 0 Å². The van der Waals surface area contributed by atoms with Crippen LogP contribution in [0.4, 0.5) is 11.5 Å². The minimum atomic E-state index is -0.131. The quantitative estimate of drug-likeness (QED) is 0.726. The van der Waals surface area contributed by atoms with Crippen molar-refractivity contribution in [2.45, 2.75) is 26.7 Å². The third kappa shape index (κ3) is 4.03. The number of aromatic nitrogens is 2. The summed E-state index contributed by atoms with van der Waals surface area (Å²) in [5.41, 5.74) is 5.30. The molecule has 1 aliphatic rings. The van der Waals surface area contributed by atoms with Crippen molar-refractivity contribution in [3.05, 3.63) is 71.3 Å². The molecule has 1 saturated heterocycles. The monoisotopic (exact) mass is 372 g/mol. The van der Waals surface area contributed by atoms with Gasteiger partial charge < -0.3 is 10.2 Å². The van der Waals surface area contributed by atoms with Crippen molar-refractivity contribution in [3.63, 3.8) is 0 Å². The summed E-state index contributed by atoms with van der Waals surface area (Å²) >= 11 is 0. The fourth-order valence-corrected chi connectivity index (χ4v) is 3.66. The molecule has 0 atom stereocenters. The number of amides is 1. The summed E-state index contributed by atoms with van der Waals surface area (Å²) in [5, 5.41) is 11.7. The van der Waals surface area contributed by atoms with Crippen molar-refractivity contribution in [3.8, 4) is 11.3 Å². The van der Waals surface area contributed by atoms with Crippen LogP contribution >= 0.6 is 0 Å². The number of hydrogen-bond acceptors (Lipinski definition) is 4. The van der Waals surface area contributed by atoms with Crippen LogP contribution in [0.3, 0.4) is 0 Å². The maximum absolute atomic E-state index is 12.7. The number of carbonyl (C=O) groups excluding carboxylic acids is 1. The Bertz CT molecular complexity index is 971. The van der Waals surface area contributed by atoms with Crippen LogP contribution in [0.15, 0.2) is 54.6 Å². The van der Waals surface area contributed by atoms with Gasteiger partial charge in [-0.1, -0.05) is 18.2 Å². The summed E-state index contributed by atoms with van der Waals surface area (Å²) < 4.78 is 0. The summed E-state index contributed by atoms with van der Waals surface area (Å²) in [4.78, 5) is 14.9. The molecule has 5 nitrogen and oxygen atoms in total. The van der Waals surface area contributed by atoms with E-state index < -0.39 is 0 Å². The second kappa shape index (κ2) is 7.80. The lowest BCUT2D eigenvalue weighted by molar-refractivity contribution is 0.102. The van der Waals surface area contributed by atoms with Crippen LogP contribution in [0, 0.1) is 13.8 Å². The van der Waals surface area contributed by atoms with Gasteiger partial charge in [0.2, 0.25) is 0 Å². The van der Waals surface area contributed by atoms with Crippen molar-refractivity contribution in [1.82, 2.24) is 10.2 Å². The van der Waals surface area contributed by atoms with Gasteiger partial charge in [-0.3, -0.25) is 4.79 Å². The van der Waals surface area contributed by atoms with Crippen LogP contribution in [-0.4, -0.2) is 29.2 Å². The summed E-state index contributed by atoms with van der Waals surface area (Å²) in [7, 11) is 0. The Kier molecular flexibility index (Phi) is 5.06. The van der Waals surface area contributed by atoms with Gasteiger partial charge in [0.25, 0.3) is 5.91 Å². The Balaban J connectivity index is 1.52. The van der Waals surface area contributed by atoms with Crippen molar-refractivity contribution in [2.75, 3.05) is 23.3 Å². The van der Waals surface area contributed by atoms with Crippen molar-refractivity contribution in [1.29, 1.82) is 0 Å². The van der Waals surface area contributed by atoms with Gasteiger partial charge in [0, 0.05) is 29.9 Å². The van der Waals surface area contributed by atoms with Crippen LogP contribution in [0.1, 0.15) is 34.3 Å². The molecule has 0 spiro atoms. The molecule has 1 fully saturated rings. The molecule has 0 aliphatic carbocycles. The minimum absolute atomic E-state index is 0.131. The van der Waals surface area contributed by atoms with Gasteiger partial charge in [-0.2, -0.15) is 0 Å². The first-order chi connectivity index (χ1) is 13.6. The van der Waals surface area contributed by atoms with E-state index in [2.05, 4.69) is 26.5 Å². The smallest absolute Gasteiger partial charge is 0.255 e. The van der Waals surface area contributed by atoms with E-state index in [1.807, 2.05) is 62.4 Å². The molecule has 2 heterocycles. The van der Waals surface area contributed by atoms with E-state index in [1.165, 1.54) is 12.8 Å². The Hall–Kier alpha value is -3.21. The number of anilines is 2. The van der Waals surface area contributed by atoms with Gasteiger partial charge >= 0.3 is 0 Å². The highest BCUT2D eigenvalue weighted by atomic mass is 16.1. The Morgan fingerprint density at radius 2 is 1.68 bits per heavy atom. The molecule has 1 amide bonds. The van der Waals surface area contributed by atoms with Gasteiger partial charge in [-0.15, -0.1) is 10.2 Å². The van der Waals surface area contributed by atoms with E-state index in [0.29, 0.717) is 5.56 Å². The first-order valence-electron chi connectivity index (χ1n) is 9.67. The van der Waals surface area contributed by atoms with Crippen molar-refractivity contribution < 1.29 is 4.79 Å². The molecule has 0 unspecified atom stereocenters. The average Bonchev–Trinajstić information content (AvgIpc) is 3.22. The lowest BCUT2D eigenvalue weighted by Crippen LogP contribution is -2.19. The lowest BCUT2D eigenvalue weighted by atomic mass is 10.1. The Morgan fingerprint density at radius 3 is 2.36 bits per heavy atom. The van der Waals surface area contributed by atoms with Gasteiger partial charge in [0.1, 0.15) is 0 Å². The average molecular weight is 372 g/mol. The van der Waals surface area contributed by atoms with E-state index in [0.717, 1.165) is 47.0 Å². The van der Waals surface area contributed by atoms with E-state index in [1.54, 1.807) is 0 Å². The van der Waals surface area contributed by atoms with E-state index >= 15 is 0 Å². The van der Waals surface area contributed by atoms with Gasteiger partial charge in [0.15, 0.2) is 5.82 Å². The Morgan fingerprint density at radius 1 is 0.929 bits per heavy atom. The molecule has 1 N–H and O–H groups in total. The predicted octanol–water partition coefficient (Wildman–Crippen LogP) is 4.61. The van der Waals surface area contributed by atoms with Crippen molar-refractivity contribution in [2.24, 2.45) is 0 Å². The SMILES string of the molecule is Cc1cc(C)cc(NC(=O)c2cccc(-c3ccc(N4CCCC4)nn3)c2)c1.